The monoisotopic (exact) mass is 460 g/mol. The zero-order valence-electron chi connectivity index (χ0n) is 19.6. The van der Waals surface area contributed by atoms with Crippen LogP contribution < -0.4 is 30.0 Å². The first-order chi connectivity index (χ1) is 16.5. The number of nitrogen functional groups attached to an aromatic ring is 1. The van der Waals surface area contributed by atoms with E-state index in [-0.39, 0.29) is 5.91 Å². The molecule has 0 heterocycles. The Labute approximate surface area is 199 Å². The number of para-hydroxylation sites is 2. The number of methoxy groups -OCH3 is 4. The summed E-state index contributed by atoms with van der Waals surface area (Å²) in [4.78, 5) is 12.4. The van der Waals surface area contributed by atoms with Crippen molar-refractivity contribution in [3.8, 4) is 23.0 Å². The molecular formula is C27H28N2O5. The lowest BCUT2D eigenvalue weighted by Crippen LogP contribution is -2.09. The normalized spacial score (nSPS) is 10.9. The minimum Gasteiger partial charge on any atom is -0.497 e. The lowest BCUT2D eigenvalue weighted by atomic mass is 10.0. The summed E-state index contributed by atoms with van der Waals surface area (Å²) < 4.78 is 21.6. The average Bonchev–Trinajstić information content (AvgIpc) is 2.86. The number of anilines is 2. The standard InChI is InChI=1S/C27H28N2O5/c1-31-21-13-11-19(10-9-18-15-24(32-2)27(34-4)25(16-18)33-3)20(17-21)12-14-26(30)29-23-8-6-5-7-22(23)28/h5-17H,28H2,1-4H3,(H,29,30)/b10-9-,14-12+. The lowest BCUT2D eigenvalue weighted by molar-refractivity contribution is -0.111. The number of rotatable bonds is 9. The second kappa shape index (κ2) is 11.5. The molecule has 3 aromatic rings. The van der Waals surface area contributed by atoms with Gasteiger partial charge in [0, 0.05) is 6.08 Å². The molecule has 0 aliphatic carbocycles. The van der Waals surface area contributed by atoms with Crippen LogP contribution in [0.2, 0.25) is 0 Å². The molecule has 0 fully saturated rings. The van der Waals surface area contributed by atoms with E-state index in [1.165, 1.54) is 6.08 Å². The molecule has 3 aromatic carbocycles. The van der Waals surface area contributed by atoms with E-state index in [1.54, 1.807) is 46.6 Å². The van der Waals surface area contributed by atoms with Crippen molar-refractivity contribution in [2.75, 3.05) is 39.5 Å². The van der Waals surface area contributed by atoms with Crippen molar-refractivity contribution in [2.45, 2.75) is 0 Å². The highest BCUT2D eigenvalue weighted by Gasteiger charge is 2.12. The van der Waals surface area contributed by atoms with Gasteiger partial charge in [-0.3, -0.25) is 4.79 Å². The molecule has 7 heteroatoms. The summed E-state index contributed by atoms with van der Waals surface area (Å²) >= 11 is 0. The highest BCUT2D eigenvalue weighted by atomic mass is 16.5. The highest BCUT2D eigenvalue weighted by Crippen LogP contribution is 2.38. The van der Waals surface area contributed by atoms with Crippen LogP contribution in [0.3, 0.4) is 0 Å². The third kappa shape index (κ3) is 5.89. The molecule has 0 saturated carbocycles. The van der Waals surface area contributed by atoms with Crippen LogP contribution in [0.1, 0.15) is 16.7 Å². The Morgan fingerprint density at radius 3 is 2.12 bits per heavy atom. The number of carbonyl (C=O) groups is 1. The van der Waals surface area contributed by atoms with Crippen LogP contribution in [0.15, 0.2) is 60.7 Å². The van der Waals surface area contributed by atoms with Gasteiger partial charge in [0.05, 0.1) is 39.8 Å². The van der Waals surface area contributed by atoms with E-state index in [0.717, 1.165) is 16.7 Å². The van der Waals surface area contributed by atoms with Crippen LogP contribution in [0, 0.1) is 0 Å². The topological polar surface area (TPSA) is 92.0 Å². The highest BCUT2D eigenvalue weighted by molar-refractivity contribution is 6.03. The number of ether oxygens (including phenoxy) is 4. The first-order valence-corrected chi connectivity index (χ1v) is 10.5. The molecule has 0 atom stereocenters. The predicted octanol–water partition coefficient (Wildman–Crippen LogP) is 5.13. The third-order valence-electron chi connectivity index (χ3n) is 5.07. The fourth-order valence-corrected chi connectivity index (χ4v) is 3.31. The molecule has 0 radical (unpaired) electrons. The summed E-state index contributed by atoms with van der Waals surface area (Å²) in [6.45, 7) is 0. The SMILES string of the molecule is COc1ccc(/C=C\c2cc(OC)c(OC)c(OC)c2)c(/C=C/C(=O)Nc2ccccc2N)c1. The van der Waals surface area contributed by atoms with E-state index < -0.39 is 0 Å². The summed E-state index contributed by atoms with van der Waals surface area (Å²) in [5.74, 6) is 2.04. The van der Waals surface area contributed by atoms with Gasteiger partial charge in [-0.15, -0.1) is 0 Å². The molecule has 0 aliphatic rings. The zero-order valence-corrected chi connectivity index (χ0v) is 19.6. The van der Waals surface area contributed by atoms with E-state index in [9.17, 15) is 4.79 Å². The summed E-state index contributed by atoms with van der Waals surface area (Å²) in [5, 5.41) is 2.78. The fraction of sp³-hybridized carbons (Fsp3) is 0.148. The number of hydrogen-bond donors (Lipinski definition) is 2. The van der Waals surface area contributed by atoms with Crippen LogP contribution in [0.5, 0.6) is 23.0 Å². The van der Waals surface area contributed by atoms with Gasteiger partial charge in [-0.25, -0.2) is 0 Å². The van der Waals surface area contributed by atoms with Gasteiger partial charge in [0.25, 0.3) is 0 Å². The minimum absolute atomic E-state index is 0.291. The Morgan fingerprint density at radius 1 is 0.794 bits per heavy atom. The Morgan fingerprint density at radius 2 is 1.50 bits per heavy atom. The second-order valence-electron chi connectivity index (χ2n) is 7.20. The molecule has 0 bridgehead atoms. The largest absolute Gasteiger partial charge is 0.497 e. The van der Waals surface area contributed by atoms with Gasteiger partial charge in [0.2, 0.25) is 11.7 Å². The molecule has 7 nitrogen and oxygen atoms in total. The van der Waals surface area contributed by atoms with E-state index in [1.807, 2.05) is 54.6 Å². The Balaban J connectivity index is 1.88. The lowest BCUT2D eigenvalue weighted by Gasteiger charge is -2.13. The molecule has 3 rings (SSSR count). The summed E-state index contributed by atoms with van der Waals surface area (Å²) in [5.41, 5.74) is 9.51. The third-order valence-corrected chi connectivity index (χ3v) is 5.07. The second-order valence-corrected chi connectivity index (χ2v) is 7.20. The summed E-state index contributed by atoms with van der Waals surface area (Å²) in [6.07, 6.45) is 7.05. The Bertz CT molecular complexity index is 1190. The van der Waals surface area contributed by atoms with E-state index in [4.69, 9.17) is 24.7 Å². The number of carbonyl (C=O) groups excluding carboxylic acids is 1. The van der Waals surface area contributed by atoms with Crippen LogP contribution >= 0.6 is 0 Å². The smallest absolute Gasteiger partial charge is 0.248 e. The Hall–Kier alpha value is -4.39. The number of hydrogen-bond acceptors (Lipinski definition) is 6. The molecule has 176 valence electrons. The molecule has 0 unspecified atom stereocenters. The number of nitrogens with one attached hydrogen (secondary N) is 1. The molecule has 34 heavy (non-hydrogen) atoms. The number of benzene rings is 3. The molecule has 1 amide bonds. The van der Waals surface area contributed by atoms with Gasteiger partial charge < -0.3 is 30.0 Å². The quantitative estimate of drug-likeness (QED) is 0.261. The zero-order chi connectivity index (χ0) is 24.5. The first-order valence-electron chi connectivity index (χ1n) is 10.5. The number of amides is 1. The molecule has 0 aromatic heterocycles. The number of nitrogens with two attached hydrogens (primary N) is 1. The van der Waals surface area contributed by atoms with Crippen molar-refractivity contribution in [1.29, 1.82) is 0 Å². The molecular weight excluding hydrogens is 432 g/mol. The van der Waals surface area contributed by atoms with Crippen molar-refractivity contribution in [2.24, 2.45) is 0 Å². The van der Waals surface area contributed by atoms with Crippen molar-refractivity contribution in [3.63, 3.8) is 0 Å². The maximum atomic E-state index is 12.4. The maximum Gasteiger partial charge on any atom is 0.248 e. The van der Waals surface area contributed by atoms with E-state index in [0.29, 0.717) is 34.4 Å². The molecule has 0 spiro atoms. The van der Waals surface area contributed by atoms with E-state index >= 15 is 0 Å². The van der Waals surface area contributed by atoms with Crippen molar-refractivity contribution in [3.05, 3.63) is 77.4 Å². The predicted molar refractivity (Wildman–Crippen MR) is 137 cm³/mol. The minimum atomic E-state index is -0.291. The van der Waals surface area contributed by atoms with Crippen molar-refractivity contribution >= 4 is 35.5 Å². The van der Waals surface area contributed by atoms with Crippen LogP contribution in [-0.2, 0) is 4.79 Å². The van der Waals surface area contributed by atoms with Crippen LogP contribution in [-0.4, -0.2) is 34.3 Å². The van der Waals surface area contributed by atoms with Gasteiger partial charge in [0.1, 0.15) is 5.75 Å². The van der Waals surface area contributed by atoms with Crippen molar-refractivity contribution in [1.82, 2.24) is 0 Å². The van der Waals surface area contributed by atoms with Crippen LogP contribution in [0.25, 0.3) is 18.2 Å². The van der Waals surface area contributed by atoms with Crippen molar-refractivity contribution < 1.29 is 23.7 Å². The Kier molecular flexibility index (Phi) is 8.18. The van der Waals surface area contributed by atoms with Gasteiger partial charge in [-0.1, -0.05) is 30.4 Å². The van der Waals surface area contributed by atoms with E-state index in [2.05, 4.69) is 5.32 Å². The van der Waals surface area contributed by atoms with Gasteiger partial charge in [0.15, 0.2) is 11.5 Å². The summed E-state index contributed by atoms with van der Waals surface area (Å²) in [7, 11) is 6.31. The summed E-state index contributed by atoms with van der Waals surface area (Å²) in [6, 6.07) is 16.4. The van der Waals surface area contributed by atoms with Gasteiger partial charge in [-0.2, -0.15) is 0 Å². The molecule has 0 aliphatic heterocycles. The van der Waals surface area contributed by atoms with Crippen LogP contribution in [0.4, 0.5) is 11.4 Å². The first kappa shape index (κ1) is 24.3. The van der Waals surface area contributed by atoms with Gasteiger partial charge in [-0.05, 0) is 59.2 Å². The van der Waals surface area contributed by atoms with Gasteiger partial charge >= 0.3 is 0 Å². The molecule has 3 N–H and O–H groups in total. The average molecular weight is 461 g/mol. The molecule has 0 saturated heterocycles. The maximum absolute atomic E-state index is 12.4. The fourth-order valence-electron chi connectivity index (χ4n) is 3.31.